The van der Waals surface area contributed by atoms with E-state index in [4.69, 9.17) is 0 Å². The van der Waals surface area contributed by atoms with Crippen LogP contribution in [0.5, 0.6) is 0 Å². The van der Waals surface area contributed by atoms with E-state index in [9.17, 15) is 4.79 Å². The van der Waals surface area contributed by atoms with Crippen LogP contribution >= 0.6 is 11.3 Å². The second kappa shape index (κ2) is 5.20. The summed E-state index contributed by atoms with van der Waals surface area (Å²) in [7, 11) is 0. The lowest BCUT2D eigenvalue weighted by Crippen LogP contribution is -2.32. The molecule has 0 aliphatic carbocycles. The SMILES string of the molecule is O=C1[C@H]2CN(Cc3ccsc3)C[C@H]2CN1c1cncnc1. The smallest absolute Gasteiger partial charge is 0.231 e. The standard InChI is InChI=1S/C15H16N4OS/c20-15-14-8-18(5-11-1-2-21-9-11)6-12(14)7-19(15)13-3-16-10-17-4-13/h1-4,9-10,12,14H,5-8H2/t12-,14-/m0/s1. The molecule has 4 heterocycles. The van der Waals surface area contributed by atoms with Gasteiger partial charge in [-0.3, -0.25) is 9.69 Å². The third kappa shape index (κ3) is 2.34. The van der Waals surface area contributed by atoms with Crippen LogP contribution in [0.1, 0.15) is 5.56 Å². The van der Waals surface area contributed by atoms with Gasteiger partial charge in [0.2, 0.25) is 5.91 Å². The first kappa shape index (κ1) is 12.9. The highest BCUT2D eigenvalue weighted by molar-refractivity contribution is 7.07. The van der Waals surface area contributed by atoms with Crippen LogP contribution in [0.25, 0.3) is 0 Å². The van der Waals surface area contributed by atoms with Crippen LogP contribution in [0.3, 0.4) is 0 Å². The third-order valence-corrected chi connectivity index (χ3v) is 5.09. The minimum absolute atomic E-state index is 0.129. The van der Waals surface area contributed by atoms with E-state index >= 15 is 0 Å². The third-order valence-electron chi connectivity index (χ3n) is 4.36. The van der Waals surface area contributed by atoms with Gasteiger partial charge < -0.3 is 4.90 Å². The van der Waals surface area contributed by atoms with E-state index in [2.05, 4.69) is 31.7 Å². The maximum absolute atomic E-state index is 12.6. The highest BCUT2D eigenvalue weighted by Gasteiger charge is 2.46. The minimum Gasteiger partial charge on any atom is -0.309 e. The molecule has 2 fully saturated rings. The van der Waals surface area contributed by atoms with Crippen LogP contribution < -0.4 is 4.90 Å². The number of amides is 1. The molecule has 108 valence electrons. The molecule has 2 aliphatic heterocycles. The van der Waals surface area contributed by atoms with Crippen molar-refractivity contribution in [2.45, 2.75) is 6.54 Å². The maximum atomic E-state index is 12.6. The Morgan fingerprint density at radius 1 is 1.24 bits per heavy atom. The zero-order valence-corrected chi connectivity index (χ0v) is 12.4. The number of carbonyl (C=O) groups is 1. The van der Waals surface area contributed by atoms with Crippen molar-refractivity contribution in [1.29, 1.82) is 0 Å². The molecule has 6 heteroatoms. The maximum Gasteiger partial charge on any atom is 0.231 e. The summed E-state index contributed by atoms with van der Waals surface area (Å²) in [6, 6.07) is 2.16. The molecule has 0 N–H and O–H groups in total. The fourth-order valence-corrected chi connectivity index (χ4v) is 4.04. The summed E-state index contributed by atoms with van der Waals surface area (Å²) in [5.41, 5.74) is 2.17. The number of hydrogen-bond donors (Lipinski definition) is 0. The second-order valence-corrected chi connectivity index (χ2v) is 6.52. The van der Waals surface area contributed by atoms with E-state index in [-0.39, 0.29) is 11.8 Å². The molecule has 0 unspecified atom stereocenters. The summed E-state index contributed by atoms with van der Waals surface area (Å²) in [6.45, 7) is 3.61. The summed E-state index contributed by atoms with van der Waals surface area (Å²) in [4.78, 5) is 24.8. The number of fused-ring (bicyclic) bond motifs is 1. The van der Waals surface area contributed by atoms with Crippen molar-refractivity contribution in [3.05, 3.63) is 41.1 Å². The number of hydrogen-bond acceptors (Lipinski definition) is 5. The first-order chi connectivity index (χ1) is 10.3. The van der Waals surface area contributed by atoms with Crippen LogP contribution in [0, 0.1) is 11.8 Å². The molecule has 2 atom stereocenters. The molecule has 5 nitrogen and oxygen atoms in total. The largest absolute Gasteiger partial charge is 0.309 e. The lowest BCUT2D eigenvalue weighted by Gasteiger charge is -2.20. The Hall–Kier alpha value is -1.79. The summed E-state index contributed by atoms with van der Waals surface area (Å²) < 4.78 is 0. The number of nitrogens with zero attached hydrogens (tertiary/aromatic N) is 4. The lowest BCUT2D eigenvalue weighted by atomic mass is 10.0. The number of anilines is 1. The summed E-state index contributed by atoms with van der Waals surface area (Å²) in [5.74, 6) is 0.780. The molecular formula is C15H16N4OS. The monoisotopic (exact) mass is 300 g/mol. The average molecular weight is 300 g/mol. The van der Waals surface area contributed by atoms with Crippen LogP contribution in [0.2, 0.25) is 0 Å². The van der Waals surface area contributed by atoms with Gasteiger partial charge in [0, 0.05) is 32.1 Å². The van der Waals surface area contributed by atoms with Crippen molar-refractivity contribution >= 4 is 22.9 Å². The van der Waals surface area contributed by atoms with E-state index in [0.29, 0.717) is 5.92 Å². The first-order valence-electron chi connectivity index (χ1n) is 7.11. The Balaban J connectivity index is 1.45. The van der Waals surface area contributed by atoms with Crippen molar-refractivity contribution in [1.82, 2.24) is 14.9 Å². The Morgan fingerprint density at radius 2 is 2.10 bits per heavy atom. The van der Waals surface area contributed by atoms with Gasteiger partial charge in [-0.1, -0.05) is 0 Å². The Kier molecular flexibility index (Phi) is 3.20. The van der Waals surface area contributed by atoms with Gasteiger partial charge in [0.1, 0.15) is 6.33 Å². The predicted octanol–water partition coefficient (Wildman–Crippen LogP) is 1.63. The molecule has 2 aromatic rings. The van der Waals surface area contributed by atoms with E-state index < -0.39 is 0 Å². The molecule has 21 heavy (non-hydrogen) atoms. The number of rotatable bonds is 3. The topological polar surface area (TPSA) is 49.3 Å². The van der Waals surface area contributed by atoms with E-state index in [1.807, 2.05) is 4.90 Å². The van der Waals surface area contributed by atoms with Gasteiger partial charge in [0.25, 0.3) is 0 Å². The summed E-state index contributed by atoms with van der Waals surface area (Å²) in [6.07, 6.45) is 4.93. The quantitative estimate of drug-likeness (QED) is 0.864. The zero-order chi connectivity index (χ0) is 14.2. The molecule has 0 radical (unpaired) electrons. The van der Waals surface area contributed by atoms with Gasteiger partial charge in [0.15, 0.2) is 0 Å². The molecule has 2 saturated heterocycles. The molecule has 0 bridgehead atoms. The van der Waals surface area contributed by atoms with Crippen molar-refractivity contribution in [3.8, 4) is 0 Å². The highest BCUT2D eigenvalue weighted by atomic mass is 32.1. The average Bonchev–Trinajstić information content (AvgIpc) is 3.20. The van der Waals surface area contributed by atoms with Crippen LogP contribution in [0.15, 0.2) is 35.5 Å². The number of thiophene rings is 1. The summed E-state index contributed by atoms with van der Waals surface area (Å²) >= 11 is 1.73. The second-order valence-electron chi connectivity index (χ2n) is 5.74. The van der Waals surface area contributed by atoms with Crippen LogP contribution in [0.4, 0.5) is 5.69 Å². The van der Waals surface area contributed by atoms with Crippen molar-refractivity contribution in [2.24, 2.45) is 11.8 Å². The highest BCUT2D eigenvalue weighted by Crippen LogP contribution is 2.35. The van der Waals surface area contributed by atoms with Gasteiger partial charge >= 0.3 is 0 Å². The number of likely N-dealkylation sites (tertiary alicyclic amines) is 1. The number of aromatic nitrogens is 2. The molecule has 0 spiro atoms. The number of carbonyl (C=O) groups excluding carboxylic acids is 1. The van der Waals surface area contributed by atoms with E-state index in [1.54, 1.807) is 23.7 Å². The van der Waals surface area contributed by atoms with Crippen LogP contribution in [-0.2, 0) is 11.3 Å². The molecule has 1 amide bonds. The molecule has 0 saturated carbocycles. The van der Waals surface area contributed by atoms with Gasteiger partial charge in [0.05, 0.1) is 24.0 Å². The lowest BCUT2D eigenvalue weighted by molar-refractivity contribution is -0.120. The van der Waals surface area contributed by atoms with Gasteiger partial charge in [-0.15, -0.1) is 0 Å². The Morgan fingerprint density at radius 3 is 2.81 bits per heavy atom. The molecule has 2 aromatic heterocycles. The van der Waals surface area contributed by atoms with E-state index in [0.717, 1.165) is 31.9 Å². The zero-order valence-electron chi connectivity index (χ0n) is 11.6. The molecule has 2 aliphatic rings. The van der Waals surface area contributed by atoms with Crippen molar-refractivity contribution in [2.75, 3.05) is 24.5 Å². The Bertz CT molecular complexity index is 630. The van der Waals surface area contributed by atoms with Gasteiger partial charge in [-0.25, -0.2) is 9.97 Å². The first-order valence-corrected chi connectivity index (χ1v) is 8.05. The van der Waals surface area contributed by atoms with Crippen molar-refractivity contribution < 1.29 is 4.79 Å². The molecule has 0 aromatic carbocycles. The summed E-state index contributed by atoms with van der Waals surface area (Å²) in [5, 5.41) is 4.29. The minimum atomic E-state index is 0.129. The van der Waals surface area contributed by atoms with E-state index in [1.165, 1.54) is 11.9 Å². The van der Waals surface area contributed by atoms with Crippen LogP contribution in [-0.4, -0.2) is 40.4 Å². The molecule has 4 rings (SSSR count). The normalized spacial score (nSPS) is 25.5. The Labute approximate surface area is 127 Å². The fraction of sp³-hybridized carbons (Fsp3) is 0.400. The predicted molar refractivity (Wildman–Crippen MR) is 81.0 cm³/mol. The fourth-order valence-electron chi connectivity index (χ4n) is 3.38. The molecular weight excluding hydrogens is 284 g/mol. The van der Waals surface area contributed by atoms with Gasteiger partial charge in [-0.05, 0) is 22.4 Å². The van der Waals surface area contributed by atoms with Gasteiger partial charge in [-0.2, -0.15) is 11.3 Å². The van der Waals surface area contributed by atoms with Crippen molar-refractivity contribution in [3.63, 3.8) is 0 Å².